The third kappa shape index (κ3) is 3.57. The molecule has 1 aliphatic rings. The van der Waals surface area contributed by atoms with Crippen molar-refractivity contribution in [2.75, 3.05) is 13.7 Å². The first-order valence-electron chi connectivity index (χ1n) is 6.54. The van der Waals surface area contributed by atoms with Crippen LogP contribution < -0.4 is 4.74 Å². The summed E-state index contributed by atoms with van der Waals surface area (Å²) < 4.78 is 5.58. The summed E-state index contributed by atoms with van der Waals surface area (Å²) in [5, 5.41) is 9.77. The van der Waals surface area contributed by atoms with E-state index in [0.29, 0.717) is 27.4 Å². The van der Waals surface area contributed by atoms with Crippen molar-refractivity contribution in [2.45, 2.75) is 13.8 Å². The Morgan fingerprint density at radius 2 is 2.19 bits per heavy atom. The van der Waals surface area contributed by atoms with Crippen molar-refractivity contribution >= 4 is 40.3 Å². The van der Waals surface area contributed by atoms with Crippen molar-refractivity contribution < 1.29 is 14.6 Å². The molecule has 1 fully saturated rings. The number of thioether (sulfide) groups is 1. The van der Waals surface area contributed by atoms with E-state index in [1.54, 1.807) is 29.2 Å². The number of phenols is 1. The van der Waals surface area contributed by atoms with E-state index < -0.39 is 0 Å². The van der Waals surface area contributed by atoms with Gasteiger partial charge in [-0.1, -0.05) is 43.9 Å². The Balaban J connectivity index is 2.24. The van der Waals surface area contributed by atoms with E-state index >= 15 is 0 Å². The molecule has 1 saturated heterocycles. The molecule has 0 saturated carbocycles. The highest BCUT2D eigenvalue weighted by Crippen LogP contribution is 2.34. The summed E-state index contributed by atoms with van der Waals surface area (Å²) in [6, 6.07) is 5.01. The van der Waals surface area contributed by atoms with Gasteiger partial charge in [0.05, 0.1) is 12.0 Å². The van der Waals surface area contributed by atoms with Gasteiger partial charge in [0.2, 0.25) is 0 Å². The van der Waals surface area contributed by atoms with Crippen LogP contribution in [0.1, 0.15) is 19.4 Å². The molecule has 21 heavy (non-hydrogen) atoms. The van der Waals surface area contributed by atoms with Crippen LogP contribution in [0.25, 0.3) is 6.08 Å². The molecule has 0 atom stereocenters. The third-order valence-corrected chi connectivity index (χ3v) is 4.30. The molecule has 1 aliphatic heterocycles. The first kappa shape index (κ1) is 15.9. The number of ether oxygens (including phenoxy) is 1. The van der Waals surface area contributed by atoms with E-state index in [0.717, 1.165) is 5.56 Å². The molecule has 0 radical (unpaired) electrons. The largest absolute Gasteiger partial charge is 0.504 e. The van der Waals surface area contributed by atoms with Gasteiger partial charge < -0.3 is 9.84 Å². The second-order valence-corrected chi connectivity index (χ2v) is 6.79. The van der Waals surface area contributed by atoms with E-state index in [1.165, 1.54) is 18.9 Å². The van der Waals surface area contributed by atoms with Gasteiger partial charge >= 0.3 is 0 Å². The second-order valence-electron chi connectivity index (χ2n) is 5.12. The van der Waals surface area contributed by atoms with Gasteiger partial charge in [-0.2, -0.15) is 0 Å². The summed E-state index contributed by atoms with van der Waals surface area (Å²) in [4.78, 5) is 14.5. The zero-order valence-electron chi connectivity index (χ0n) is 12.1. The number of carbonyl (C=O) groups excluding carboxylic acids is 1. The highest BCUT2D eigenvalue weighted by Gasteiger charge is 2.32. The first-order chi connectivity index (χ1) is 9.92. The Hall–Kier alpha value is -1.53. The summed E-state index contributed by atoms with van der Waals surface area (Å²) in [7, 11) is 1.49. The molecule has 0 unspecified atom stereocenters. The van der Waals surface area contributed by atoms with Crippen LogP contribution in [0.15, 0.2) is 23.1 Å². The van der Waals surface area contributed by atoms with Crippen LogP contribution in [0.5, 0.6) is 11.5 Å². The lowest BCUT2D eigenvalue weighted by Crippen LogP contribution is -2.31. The summed E-state index contributed by atoms with van der Waals surface area (Å²) >= 11 is 6.54. The van der Waals surface area contributed by atoms with E-state index in [4.69, 9.17) is 17.0 Å². The molecule has 1 aromatic rings. The Labute approximate surface area is 133 Å². The number of nitrogens with zero attached hydrogens (tertiary/aromatic N) is 1. The van der Waals surface area contributed by atoms with E-state index in [9.17, 15) is 9.90 Å². The quantitative estimate of drug-likeness (QED) is 0.681. The molecular weight excluding hydrogens is 306 g/mol. The Bertz CT molecular complexity index is 611. The normalized spacial score (nSPS) is 17.1. The summed E-state index contributed by atoms with van der Waals surface area (Å²) in [5.74, 6) is 0.731. The molecule has 0 aliphatic carbocycles. The summed E-state index contributed by atoms with van der Waals surface area (Å²) in [5.41, 5.74) is 0.735. The van der Waals surface area contributed by atoms with Gasteiger partial charge in [-0.05, 0) is 29.7 Å². The van der Waals surface area contributed by atoms with E-state index in [1.807, 2.05) is 13.8 Å². The number of phenolic OH excluding ortho intramolecular Hbond substituents is 1. The van der Waals surface area contributed by atoms with Crippen LogP contribution in [0.2, 0.25) is 0 Å². The first-order valence-corrected chi connectivity index (χ1v) is 7.77. The Morgan fingerprint density at radius 3 is 2.76 bits per heavy atom. The molecule has 1 aromatic carbocycles. The molecule has 4 nitrogen and oxygen atoms in total. The van der Waals surface area contributed by atoms with Gasteiger partial charge in [0.1, 0.15) is 4.32 Å². The number of hydrogen-bond donors (Lipinski definition) is 1. The number of benzene rings is 1. The molecule has 2 rings (SSSR count). The SMILES string of the molecule is COc1ccc(C=C2SC(=S)N(CC(C)C)C2=O)cc1O. The van der Waals surface area contributed by atoms with Crippen LogP contribution in [0.3, 0.4) is 0 Å². The molecule has 6 heteroatoms. The maximum absolute atomic E-state index is 12.3. The fourth-order valence-electron chi connectivity index (χ4n) is 1.97. The molecule has 1 heterocycles. The van der Waals surface area contributed by atoms with Gasteiger partial charge in [0.25, 0.3) is 5.91 Å². The monoisotopic (exact) mass is 323 g/mol. The predicted octanol–water partition coefficient (Wildman–Crippen LogP) is 3.26. The third-order valence-electron chi connectivity index (χ3n) is 2.92. The Morgan fingerprint density at radius 1 is 1.48 bits per heavy atom. The topological polar surface area (TPSA) is 49.8 Å². The lowest BCUT2D eigenvalue weighted by atomic mass is 10.1. The molecule has 1 amide bonds. The van der Waals surface area contributed by atoms with Crippen molar-refractivity contribution in [1.82, 2.24) is 4.90 Å². The van der Waals surface area contributed by atoms with Gasteiger partial charge in [0.15, 0.2) is 11.5 Å². The maximum Gasteiger partial charge on any atom is 0.266 e. The number of aromatic hydroxyl groups is 1. The highest BCUT2D eigenvalue weighted by molar-refractivity contribution is 8.26. The van der Waals surface area contributed by atoms with Gasteiger partial charge in [-0.15, -0.1) is 0 Å². The number of hydrogen-bond acceptors (Lipinski definition) is 5. The number of methoxy groups -OCH3 is 1. The van der Waals surface area contributed by atoms with Crippen LogP contribution in [-0.4, -0.2) is 33.9 Å². The minimum Gasteiger partial charge on any atom is -0.504 e. The van der Waals surface area contributed by atoms with Crippen molar-refractivity contribution in [1.29, 1.82) is 0 Å². The van der Waals surface area contributed by atoms with Crippen molar-refractivity contribution in [3.8, 4) is 11.5 Å². The molecule has 1 N–H and O–H groups in total. The van der Waals surface area contributed by atoms with Gasteiger partial charge in [-0.3, -0.25) is 9.69 Å². The zero-order valence-corrected chi connectivity index (χ0v) is 13.8. The fourth-order valence-corrected chi connectivity index (χ4v) is 3.25. The van der Waals surface area contributed by atoms with E-state index in [-0.39, 0.29) is 11.7 Å². The molecule has 112 valence electrons. The highest BCUT2D eigenvalue weighted by atomic mass is 32.2. The number of thiocarbonyl (C=S) groups is 1. The van der Waals surface area contributed by atoms with Crippen LogP contribution in [0, 0.1) is 5.92 Å². The average Bonchev–Trinajstić information content (AvgIpc) is 2.66. The Kier molecular flexibility index (Phi) is 4.90. The zero-order chi connectivity index (χ0) is 15.6. The second kappa shape index (κ2) is 6.49. The van der Waals surface area contributed by atoms with Crippen molar-refractivity contribution in [3.05, 3.63) is 28.7 Å². The number of amides is 1. The standard InChI is InChI=1S/C15H17NO3S2/c1-9(2)8-16-14(18)13(21-15(16)20)7-10-4-5-12(19-3)11(17)6-10/h4-7,9,17H,8H2,1-3H3. The minimum atomic E-state index is -0.0750. The van der Waals surface area contributed by atoms with Crippen molar-refractivity contribution in [3.63, 3.8) is 0 Å². The average molecular weight is 323 g/mol. The van der Waals surface area contributed by atoms with Crippen LogP contribution in [0.4, 0.5) is 0 Å². The molecule has 0 aromatic heterocycles. The van der Waals surface area contributed by atoms with Gasteiger partial charge in [0, 0.05) is 6.54 Å². The lowest BCUT2D eigenvalue weighted by Gasteiger charge is -2.16. The molecular formula is C15H17NO3S2. The maximum atomic E-state index is 12.3. The summed E-state index contributed by atoms with van der Waals surface area (Å²) in [6.07, 6.45) is 1.73. The van der Waals surface area contributed by atoms with Crippen LogP contribution in [-0.2, 0) is 4.79 Å². The lowest BCUT2D eigenvalue weighted by molar-refractivity contribution is -0.122. The number of carbonyl (C=O) groups is 1. The summed E-state index contributed by atoms with van der Waals surface area (Å²) in [6.45, 7) is 4.71. The minimum absolute atomic E-state index is 0.0453. The molecule has 0 bridgehead atoms. The fraction of sp³-hybridized carbons (Fsp3) is 0.333. The molecule has 0 spiro atoms. The van der Waals surface area contributed by atoms with Crippen LogP contribution >= 0.6 is 24.0 Å². The van der Waals surface area contributed by atoms with Crippen molar-refractivity contribution in [2.24, 2.45) is 5.92 Å². The number of rotatable bonds is 4. The smallest absolute Gasteiger partial charge is 0.266 e. The van der Waals surface area contributed by atoms with E-state index in [2.05, 4.69) is 0 Å². The predicted molar refractivity (Wildman–Crippen MR) is 89.4 cm³/mol. The van der Waals surface area contributed by atoms with Gasteiger partial charge in [-0.25, -0.2) is 0 Å².